The molecule has 4 N–H and O–H groups in total. The zero-order chi connectivity index (χ0) is 5.98. The molecule has 2 nitrogen and oxygen atoms in total. The van der Waals surface area contributed by atoms with E-state index in [9.17, 15) is 0 Å². The van der Waals surface area contributed by atoms with E-state index in [0.717, 1.165) is 12.1 Å². The number of rotatable bonds is 0. The highest BCUT2D eigenvalue weighted by Crippen LogP contribution is 2.03. The summed E-state index contributed by atoms with van der Waals surface area (Å²) in [4.78, 5) is 0. The van der Waals surface area contributed by atoms with Gasteiger partial charge in [0.1, 0.15) is 0 Å². The molecular weight excluding hydrogens is 100 g/mol. The summed E-state index contributed by atoms with van der Waals surface area (Å²) in [6.07, 6.45) is 6.51. The first kappa shape index (κ1) is 5.38. The maximum atomic E-state index is 5.52. The summed E-state index contributed by atoms with van der Waals surface area (Å²) in [6, 6.07) is 0.139. The minimum atomic E-state index is 0.139. The van der Waals surface area contributed by atoms with Gasteiger partial charge in [-0.3, -0.25) is 0 Å². The zero-order valence-electron chi connectivity index (χ0n) is 4.67. The largest absolute Gasteiger partial charge is 0.402 e. The minimum Gasteiger partial charge on any atom is -0.402 e. The fraction of sp³-hybridized carbons (Fsp3) is 0.333. The Morgan fingerprint density at radius 1 is 1.62 bits per heavy atom. The molecule has 1 aliphatic rings. The van der Waals surface area contributed by atoms with Gasteiger partial charge in [-0.1, -0.05) is 12.2 Å². The van der Waals surface area contributed by atoms with E-state index in [1.807, 2.05) is 18.2 Å². The first-order valence-corrected chi connectivity index (χ1v) is 2.67. The summed E-state index contributed by atoms with van der Waals surface area (Å²) < 4.78 is 0. The van der Waals surface area contributed by atoms with Crippen LogP contribution in [-0.2, 0) is 0 Å². The maximum absolute atomic E-state index is 5.52. The van der Waals surface area contributed by atoms with E-state index >= 15 is 0 Å². The van der Waals surface area contributed by atoms with Crippen LogP contribution in [-0.4, -0.2) is 6.04 Å². The van der Waals surface area contributed by atoms with Crippen molar-refractivity contribution >= 4 is 0 Å². The average Bonchev–Trinajstić information content (AvgIpc) is 1.64. The molecule has 0 amide bonds. The van der Waals surface area contributed by atoms with Crippen LogP contribution in [0.5, 0.6) is 0 Å². The van der Waals surface area contributed by atoms with Crippen LogP contribution >= 0.6 is 0 Å². The van der Waals surface area contributed by atoms with Crippen molar-refractivity contribution in [1.29, 1.82) is 0 Å². The molecule has 0 radical (unpaired) electrons. The first-order valence-electron chi connectivity index (χ1n) is 2.67. The summed E-state index contributed by atoms with van der Waals surface area (Å²) in [7, 11) is 0. The van der Waals surface area contributed by atoms with Crippen molar-refractivity contribution in [2.75, 3.05) is 0 Å². The lowest BCUT2D eigenvalue weighted by Gasteiger charge is -2.08. The minimum absolute atomic E-state index is 0.139. The second-order valence-corrected chi connectivity index (χ2v) is 1.99. The van der Waals surface area contributed by atoms with Crippen molar-refractivity contribution < 1.29 is 0 Å². The van der Waals surface area contributed by atoms with Crippen LogP contribution < -0.4 is 11.5 Å². The highest BCUT2D eigenvalue weighted by atomic mass is 14.7. The van der Waals surface area contributed by atoms with Crippen LogP contribution in [0.4, 0.5) is 0 Å². The Morgan fingerprint density at radius 3 is 2.75 bits per heavy atom. The van der Waals surface area contributed by atoms with Crippen LogP contribution in [0.3, 0.4) is 0 Å². The van der Waals surface area contributed by atoms with Crippen LogP contribution in [0, 0.1) is 0 Å². The standard InChI is InChI=1S/C6H10N2/c7-5-2-1-3-6(8)4-5/h1-3,5H,4,7-8H2. The Bertz CT molecular complexity index is 135. The molecule has 2 heteroatoms. The predicted molar refractivity (Wildman–Crippen MR) is 34.0 cm³/mol. The maximum Gasteiger partial charge on any atom is 0.0281 e. The number of nitrogens with two attached hydrogens (primary N) is 2. The third-order valence-electron chi connectivity index (χ3n) is 1.14. The molecule has 1 rings (SSSR count). The molecule has 1 aliphatic carbocycles. The molecule has 0 aromatic carbocycles. The third-order valence-corrected chi connectivity index (χ3v) is 1.14. The Hall–Kier alpha value is -0.760. The van der Waals surface area contributed by atoms with Gasteiger partial charge in [-0.05, 0) is 6.08 Å². The summed E-state index contributed by atoms with van der Waals surface area (Å²) in [5.41, 5.74) is 11.8. The number of hydrogen-bond acceptors (Lipinski definition) is 2. The van der Waals surface area contributed by atoms with E-state index in [-0.39, 0.29) is 6.04 Å². The average molecular weight is 110 g/mol. The monoisotopic (exact) mass is 110 g/mol. The summed E-state index contributed by atoms with van der Waals surface area (Å²) in [6.45, 7) is 0. The second-order valence-electron chi connectivity index (χ2n) is 1.99. The second kappa shape index (κ2) is 2.01. The van der Waals surface area contributed by atoms with Gasteiger partial charge in [0, 0.05) is 18.2 Å². The number of hydrogen-bond donors (Lipinski definition) is 2. The van der Waals surface area contributed by atoms with Gasteiger partial charge in [0.15, 0.2) is 0 Å². The van der Waals surface area contributed by atoms with Crippen molar-refractivity contribution in [1.82, 2.24) is 0 Å². The lowest BCUT2D eigenvalue weighted by Crippen LogP contribution is -2.21. The molecule has 0 aliphatic heterocycles. The first-order chi connectivity index (χ1) is 3.79. The summed E-state index contributed by atoms with van der Waals surface area (Å²) in [5.74, 6) is 0. The van der Waals surface area contributed by atoms with Crippen LogP contribution in [0.1, 0.15) is 6.42 Å². The van der Waals surface area contributed by atoms with Gasteiger partial charge in [-0.25, -0.2) is 0 Å². The Balaban J connectivity index is 2.59. The molecule has 0 spiro atoms. The van der Waals surface area contributed by atoms with Gasteiger partial charge in [-0.15, -0.1) is 0 Å². The molecule has 1 unspecified atom stereocenters. The lowest BCUT2D eigenvalue weighted by molar-refractivity contribution is 0.783. The van der Waals surface area contributed by atoms with Crippen molar-refractivity contribution in [2.24, 2.45) is 11.5 Å². The molecule has 0 aromatic rings. The molecule has 44 valence electrons. The van der Waals surface area contributed by atoms with Gasteiger partial charge in [0.05, 0.1) is 0 Å². The van der Waals surface area contributed by atoms with Gasteiger partial charge in [0.25, 0.3) is 0 Å². The Morgan fingerprint density at radius 2 is 2.38 bits per heavy atom. The topological polar surface area (TPSA) is 52.0 Å². The van der Waals surface area contributed by atoms with Crippen LogP contribution in [0.15, 0.2) is 23.9 Å². The van der Waals surface area contributed by atoms with Crippen molar-refractivity contribution in [3.8, 4) is 0 Å². The lowest BCUT2D eigenvalue weighted by atomic mass is 10.1. The Kier molecular flexibility index (Phi) is 1.35. The van der Waals surface area contributed by atoms with Gasteiger partial charge in [0.2, 0.25) is 0 Å². The van der Waals surface area contributed by atoms with E-state index in [0.29, 0.717) is 0 Å². The molecule has 0 bridgehead atoms. The van der Waals surface area contributed by atoms with Crippen molar-refractivity contribution in [3.05, 3.63) is 23.9 Å². The van der Waals surface area contributed by atoms with Crippen LogP contribution in [0.25, 0.3) is 0 Å². The normalized spacial score (nSPS) is 27.6. The number of allylic oxidation sites excluding steroid dienone is 2. The molecule has 1 atom stereocenters. The van der Waals surface area contributed by atoms with E-state index in [1.165, 1.54) is 0 Å². The van der Waals surface area contributed by atoms with Crippen LogP contribution in [0.2, 0.25) is 0 Å². The molecule has 0 saturated carbocycles. The molecule has 0 fully saturated rings. The zero-order valence-corrected chi connectivity index (χ0v) is 4.67. The van der Waals surface area contributed by atoms with E-state index in [1.54, 1.807) is 0 Å². The third kappa shape index (κ3) is 1.10. The Labute approximate surface area is 48.9 Å². The smallest absolute Gasteiger partial charge is 0.0281 e. The highest BCUT2D eigenvalue weighted by Gasteiger charge is 2.00. The van der Waals surface area contributed by atoms with Crippen molar-refractivity contribution in [2.45, 2.75) is 12.5 Å². The predicted octanol–water partition coefficient (Wildman–Crippen LogP) is 0.116. The SMILES string of the molecule is NC1=CC=CC(N)C1. The fourth-order valence-electron chi connectivity index (χ4n) is 0.730. The summed E-state index contributed by atoms with van der Waals surface area (Å²) in [5, 5.41) is 0. The quantitative estimate of drug-likeness (QED) is 0.465. The molecule has 0 saturated heterocycles. The van der Waals surface area contributed by atoms with E-state index in [4.69, 9.17) is 11.5 Å². The van der Waals surface area contributed by atoms with Crippen molar-refractivity contribution in [3.63, 3.8) is 0 Å². The molecule has 0 heterocycles. The van der Waals surface area contributed by atoms with E-state index in [2.05, 4.69) is 0 Å². The molecule has 8 heavy (non-hydrogen) atoms. The highest BCUT2D eigenvalue weighted by molar-refractivity contribution is 5.18. The van der Waals surface area contributed by atoms with Gasteiger partial charge < -0.3 is 11.5 Å². The molecular formula is C6H10N2. The fourth-order valence-corrected chi connectivity index (χ4v) is 0.730. The van der Waals surface area contributed by atoms with Gasteiger partial charge in [-0.2, -0.15) is 0 Å². The van der Waals surface area contributed by atoms with Gasteiger partial charge >= 0.3 is 0 Å². The summed E-state index contributed by atoms with van der Waals surface area (Å²) >= 11 is 0. The molecule has 0 aromatic heterocycles. The van der Waals surface area contributed by atoms with E-state index < -0.39 is 0 Å².